The summed E-state index contributed by atoms with van der Waals surface area (Å²) < 4.78 is 4.98. The minimum Gasteiger partial charge on any atom is -0.389 e. The third kappa shape index (κ3) is 4.05. The van der Waals surface area contributed by atoms with E-state index in [2.05, 4.69) is 10.5 Å². The highest BCUT2D eigenvalue weighted by Gasteiger charge is 2.11. The number of nitrogens with zero attached hydrogens (tertiary/aromatic N) is 1. The zero-order valence-electron chi connectivity index (χ0n) is 8.29. The van der Waals surface area contributed by atoms with E-state index in [0.29, 0.717) is 13.1 Å². The molecule has 0 saturated carbocycles. The minimum absolute atomic E-state index is 0.534. The van der Waals surface area contributed by atoms with E-state index in [0.717, 1.165) is 11.5 Å². The Balaban J connectivity index is 2.28. The third-order valence-electron chi connectivity index (χ3n) is 1.53. The van der Waals surface area contributed by atoms with Crippen LogP contribution in [0.5, 0.6) is 0 Å². The van der Waals surface area contributed by atoms with Crippen LogP contribution in [-0.4, -0.2) is 22.4 Å². The molecule has 0 saturated heterocycles. The van der Waals surface area contributed by atoms with Crippen LogP contribution in [0.25, 0.3) is 0 Å². The van der Waals surface area contributed by atoms with E-state index < -0.39 is 5.60 Å². The molecule has 0 spiro atoms. The van der Waals surface area contributed by atoms with Crippen molar-refractivity contribution in [3.63, 3.8) is 0 Å². The third-order valence-corrected chi connectivity index (χ3v) is 1.53. The Kier molecular flexibility index (Phi) is 3.06. The van der Waals surface area contributed by atoms with Crippen molar-refractivity contribution in [1.29, 1.82) is 0 Å². The predicted octanol–water partition coefficient (Wildman–Crippen LogP) is 0.844. The van der Waals surface area contributed by atoms with Crippen LogP contribution in [-0.2, 0) is 6.54 Å². The fourth-order valence-electron chi connectivity index (χ4n) is 0.991. The maximum atomic E-state index is 9.39. The first kappa shape index (κ1) is 10.2. The van der Waals surface area contributed by atoms with Gasteiger partial charge >= 0.3 is 0 Å². The van der Waals surface area contributed by atoms with Crippen LogP contribution in [0.4, 0.5) is 0 Å². The second-order valence-electron chi connectivity index (χ2n) is 3.85. The molecule has 13 heavy (non-hydrogen) atoms. The van der Waals surface area contributed by atoms with Crippen molar-refractivity contribution >= 4 is 0 Å². The lowest BCUT2D eigenvalue weighted by atomic mass is 10.1. The minimum atomic E-state index is -0.685. The van der Waals surface area contributed by atoms with E-state index in [9.17, 15) is 5.11 Å². The number of hydrogen-bond donors (Lipinski definition) is 2. The number of nitrogens with one attached hydrogen (secondary N) is 1. The first-order valence-corrected chi connectivity index (χ1v) is 4.33. The zero-order chi connectivity index (χ0) is 9.90. The molecule has 1 aromatic rings. The summed E-state index contributed by atoms with van der Waals surface area (Å²) in [4.78, 5) is 0. The van der Waals surface area contributed by atoms with Gasteiger partial charge < -0.3 is 14.9 Å². The van der Waals surface area contributed by atoms with E-state index >= 15 is 0 Å². The maximum absolute atomic E-state index is 9.39. The summed E-state index contributed by atoms with van der Waals surface area (Å²) in [6.45, 7) is 6.53. The van der Waals surface area contributed by atoms with E-state index in [-0.39, 0.29) is 0 Å². The molecule has 0 radical (unpaired) electrons. The van der Waals surface area contributed by atoms with Gasteiger partial charge in [-0.15, -0.1) is 0 Å². The maximum Gasteiger partial charge on any atom is 0.150 e. The van der Waals surface area contributed by atoms with E-state index in [4.69, 9.17) is 4.52 Å². The molecule has 0 aliphatic heterocycles. The predicted molar refractivity (Wildman–Crippen MR) is 49.2 cm³/mol. The van der Waals surface area contributed by atoms with Crippen LogP contribution < -0.4 is 5.32 Å². The SMILES string of the molecule is Cc1cc(CNCC(C)(C)O)on1. The van der Waals surface area contributed by atoms with Crippen molar-refractivity contribution in [2.45, 2.75) is 32.9 Å². The number of rotatable bonds is 4. The Morgan fingerprint density at radius 1 is 1.62 bits per heavy atom. The van der Waals surface area contributed by atoms with Crippen molar-refractivity contribution in [2.24, 2.45) is 0 Å². The molecule has 0 fully saturated rings. The second-order valence-corrected chi connectivity index (χ2v) is 3.85. The number of aliphatic hydroxyl groups is 1. The molecule has 2 N–H and O–H groups in total. The van der Waals surface area contributed by atoms with Crippen molar-refractivity contribution in [3.8, 4) is 0 Å². The molecular weight excluding hydrogens is 168 g/mol. The van der Waals surface area contributed by atoms with Gasteiger partial charge in [-0.05, 0) is 20.8 Å². The van der Waals surface area contributed by atoms with Gasteiger partial charge in [0.15, 0.2) is 5.76 Å². The Morgan fingerprint density at radius 2 is 2.31 bits per heavy atom. The van der Waals surface area contributed by atoms with Gasteiger partial charge in [-0.25, -0.2) is 0 Å². The van der Waals surface area contributed by atoms with Crippen LogP contribution in [0.1, 0.15) is 25.3 Å². The molecule has 1 heterocycles. The standard InChI is InChI=1S/C9H16N2O2/c1-7-4-8(13-11-7)5-10-6-9(2,3)12/h4,10,12H,5-6H2,1-3H3. The van der Waals surface area contributed by atoms with Gasteiger partial charge in [0.25, 0.3) is 0 Å². The molecule has 1 rings (SSSR count). The Labute approximate surface area is 77.9 Å². The first-order valence-electron chi connectivity index (χ1n) is 4.33. The first-order chi connectivity index (χ1) is 5.97. The highest BCUT2D eigenvalue weighted by atomic mass is 16.5. The summed E-state index contributed by atoms with van der Waals surface area (Å²) in [6, 6.07) is 1.87. The molecule has 0 bridgehead atoms. The van der Waals surface area contributed by atoms with Gasteiger partial charge in [0, 0.05) is 12.6 Å². The molecule has 0 aliphatic carbocycles. The quantitative estimate of drug-likeness (QED) is 0.728. The largest absolute Gasteiger partial charge is 0.389 e. The van der Waals surface area contributed by atoms with Crippen LogP contribution in [0.2, 0.25) is 0 Å². The van der Waals surface area contributed by atoms with Gasteiger partial charge in [-0.1, -0.05) is 5.16 Å². The summed E-state index contributed by atoms with van der Waals surface area (Å²) in [5.74, 6) is 0.793. The molecule has 4 heteroatoms. The van der Waals surface area contributed by atoms with Gasteiger partial charge in [0.05, 0.1) is 17.8 Å². The van der Waals surface area contributed by atoms with Gasteiger partial charge in [-0.3, -0.25) is 0 Å². The molecule has 0 unspecified atom stereocenters. The summed E-state index contributed by atoms with van der Waals surface area (Å²) in [5, 5.41) is 16.2. The zero-order valence-corrected chi connectivity index (χ0v) is 8.29. The molecule has 0 aliphatic rings. The molecule has 0 aromatic carbocycles. The summed E-state index contributed by atoms with van der Waals surface area (Å²) in [7, 11) is 0. The summed E-state index contributed by atoms with van der Waals surface area (Å²) in [6.07, 6.45) is 0. The highest BCUT2D eigenvalue weighted by molar-refractivity contribution is 5.02. The van der Waals surface area contributed by atoms with Gasteiger partial charge in [0.2, 0.25) is 0 Å². The smallest absolute Gasteiger partial charge is 0.150 e. The average molecular weight is 184 g/mol. The van der Waals surface area contributed by atoms with E-state index in [1.165, 1.54) is 0 Å². The number of aryl methyl sites for hydroxylation is 1. The second kappa shape index (κ2) is 3.89. The van der Waals surface area contributed by atoms with Crippen molar-refractivity contribution in [2.75, 3.05) is 6.54 Å². The fourth-order valence-corrected chi connectivity index (χ4v) is 0.991. The molecule has 0 atom stereocenters. The van der Waals surface area contributed by atoms with Crippen molar-refractivity contribution in [3.05, 3.63) is 17.5 Å². The monoisotopic (exact) mass is 184 g/mol. The number of hydrogen-bond acceptors (Lipinski definition) is 4. The average Bonchev–Trinajstić information content (AvgIpc) is 2.33. The van der Waals surface area contributed by atoms with Gasteiger partial charge in [-0.2, -0.15) is 0 Å². The van der Waals surface area contributed by atoms with Crippen LogP contribution in [0.3, 0.4) is 0 Å². The fraction of sp³-hybridized carbons (Fsp3) is 0.667. The molecule has 74 valence electrons. The lowest BCUT2D eigenvalue weighted by Crippen LogP contribution is -2.34. The summed E-state index contributed by atoms with van der Waals surface area (Å²) in [5.41, 5.74) is 0.190. The number of aromatic nitrogens is 1. The van der Waals surface area contributed by atoms with E-state index in [1.807, 2.05) is 13.0 Å². The molecular formula is C9H16N2O2. The topological polar surface area (TPSA) is 58.3 Å². The van der Waals surface area contributed by atoms with Crippen molar-refractivity contribution < 1.29 is 9.63 Å². The Morgan fingerprint density at radius 3 is 2.77 bits per heavy atom. The molecule has 1 aromatic heterocycles. The molecule has 4 nitrogen and oxygen atoms in total. The Hall–Kier alpha value is -0.870. The Bertz CT molecular complexity index is 263. The lowest BCUT2D eigenvalue weighted by Gasteiger charge is -2.16. The van der Waals surface area contributed by atoms with Crippen LogP contribution in [0.15, 0.2) is 10.6 Å². The molecule has 0 amide bonds. The highest BCUT2D eigenvalue weighted by Crippen LogP contribution is 2.02. The van der Waals surface area contributed by atoms with Crippen LogP contribution >= 0.6 is 0 Å². The lowest BCUT2D eigenvalue weighted by molar-refractivity contribution is 0.0788. The normalized spacial score (nSPS) is 12.0. The van der Waals surface area contributed by atoms with Crippen molar-refractivity contribution in [1.82, 2.24) is 10.5 Å². The van der Waals surface area contributed by atoms with E-state index in [1.54, 1.807) is 13.8 Å². The van der Waals surface area contributed by atoms with Gasteiger partial charge in [0.1, 0.15) is 0 Å². The summed E-state index contributed by atoms with van der Waals surface area (Å²) >= 11 is 0. The van der Waals surface area contributed by atoms with Crippen LogP contribution in [0, 0.1) is 6.92 Å².